The molecular formula is C12H24N2. The first-order chi connectivity index (χ1) is 6.85. The van der Waals surface area contributed by atoms with Gasteiger partial charge in [0.25, 0.3) is 0 Å². The molecule has 0 atom stereocenters. The van der Waals surface area contributed by atoms with Crippen LogP contribution in [-0.4, -0.2) is 19.6 Å². The van der Waals surface area contributed by atoms with Gasteiger partial charge in [-0.3, -0.25) is 0 Å². The number of piperidine rings is 1. The van der Waals surface area contributed by atoms with E-state index in [1.54, 1.807) is 0 Å². The Bertz CT molecular complexity index is 163. The molecule has 1 saturated heterocycles. The van der Waals surface area contributed by atoms with Crippen molar-refractivity contribution in [3.8, 4) is 0 Å². The Morgan fingerprint density at radius 1 is 1.07 bits per heavy atom. The second kappa shape index (κ2) is 4.63. The predicted molar refractivity (Wildman–Crippen MR) is 60.2 cm³/mol. The van der Waals surface area contributed by atoms with Gasteiger partial charge in [-0.2, -0.15) is 0 Å². The topological polar surface area (TPSA) is 38.0 Å². The second-order valence-corrected chi connectivity index (χ2v) is 5.27. The first-order valence-electron chi connectivity index (χ1n) is 6.25. The van der Waals surface area contributed by atoms with E-state index in [1.807, 2.05) is 0 Å². The molecule has 1 heterocycles. The first kappa shape index (κ1) is 10.4. The minimum atomic E-state index is 0.732. The van der Waals surface area contributed by atoms with Crippen LogP contribution < -0.4 is 11.1 Å². The van der Waals surface area contributed by atoms with Crippen molar-refractivity contribution in [2.45, 2.75) is 44.9 Å². The van der Waals surface area contributed by atoms with Crippen LogP contribution in [-0.2, 0) is 0 Å². The molecule has 0 aromatic rings. The van der Waals surface area contributed by atoms with Gasteiger partial charge < -0.3 is 11.1 Å². The van der Waals surface area contributed by atoms with Gasteiger partial charge in [-0.1, -0.05) is 0 Å². The fourth-order valence-electron chi connectivity index (χ4n) is 3.27. The summed E-state index contributed by atoms with van der Waals surface area (Å²) in [4.78, 5) is 0. The van der Waals surface area contributed by atoms with Crippen LogP contribution in [0, 0.1) is 11.3 Å². The van der Waals surface area contributed by atoms with Gasteiger partial charge in [0.1, 0.15) is 0 Å². The van der Waals surface area contributed by atoms with Crippen LogP contribution in [0.4, 0.5) is 0 Å². The molecule has 3 N–H and O–H groups in total. The lowest BCUT2D eigenvalue weighted by Crippen LogP contribution is -2.39. The molecule has 1 saturated carbocycles. The molecule has 0 radical (unpaired) electrons. The van der Waals surface area contributed by atoms with E-state index in [0.717, 1.165) is 17.9 Å². The van der Waals surface area contributed by atoms with Gasteiger partial charge in [-0.25, -0.2) is 0 Å². The summed E-state index contributed by atoms with van der Waals surface area (Å²) < 4.78 is 0. The van der Waals surface area contributed by atoms with Gasteiger partial charge in [0.15, 0.2) is 0 Å². The van der Waals surface area contributed by atoms with Crippen molar-refractivity contribution in [2.24, 2.45) is 17.1 Å². The monoisotopic (exact) mass is 196 g/mol. The van der Waals surface area contributed by atoms with Crippen molar-refractivity contribution in [3.63, 3.8) is 0 Å². The summed E-state index contributed by atoms with van der Waals surface area (Å²) in [6.45, 7) is 3.39. The van der Waals surface area contributed by atoms with Gasteiger partial charge in [-0.15, -0.1) is 0 Å². The summed E-state index contributed by atoms with van der Waals surface area (Å²) in [6, 6.07) is 0. The Hall–Kier alpha value is -0.0800. The van der Waals surface area contributed by atoms with Crippen molar-refractivity contribution in [2.75, 3.05) is 19.6 Å². The summed E-state index contributed by atoms with van der Waals surface area (Å²) in [5.74, 6) is 0.945. The number of nitrogens with two attached hydrogens (primary N) is 1. The zero-order valence-corrected chi connectivity index (χ0v) is 9.23. The molecule has 1 aliphatic heterocycles. The second-order valence-electron chi connectivity index (χ2n) is 5.27. The van der Waals surface area contributed by atoms with Crippen molar-refractivity contribution in [3.05, 3.63) is 0 Å². The van der Waals surface area contributed by atoms with Gasteiger partial charge in [0.2, 0.25) is 0 Å². The average Bonchev–Trinajstić information content (AvgIpc) is 2.24. The van der Waals surface area contributed by atoms with Crippen LogP contribution in [0.2, 0.25) is 0 Å². The van der Waals surface area contributed by atoms with Crippen molar-refractivity contribution >= 4 is 0 Å². The highest BCUT2D eigenvalue weighted by atomic mass is 14.9. The molecular weight excluding hydrogens is 172 g/mol. The number of hydrogen-bond acceptors (Lipinski definition) is 2. The van der Waals surface area contributed by atoms with Crippen molar-refractivity contribution < 1.29 is 0 Å². The normalized spacial score (nSPS) is 28.1. The molecule has 1 spiro atoms. The van der Waals surface area contributed by atoms with Crippen LogP contribution in [0.1, 0.15) is 44.9 Å². The quantitative estimate of drug-likeness (QED) is 0.708. The van der Waals surface area contributed by atoms with E-state index >= 15 is 0 Å². The summed E-state index contributed by atoms with van der Waals surface area (Å²) in [6.07, 6.45) is 9.92. The van der Waals surface area contributed by atoms with Crippen LogP contribution in [0.25, 0.3) is 0 Å². The van der Waals surface area contributed by atoms with Crippen LogP contribution in [0.5, 0.6) is 0 Å². The van der Waals surface area contributed by atoms with Gasteiger partial charge in [0.05, 0.1) is 0 Å². The van der Waals surface area contributed by atoms with Crippen molar-refractivity contribution in [1.29, 1.82) is 0 Å². The third-order valence-corrected chi connectivity index (χ3v) is 4.40. The molecule has 2 nitrogen and oxygen atoms in total. The Kier molecular flexibility index (Phi) is 3.45. The zero-order chi connectivity index (χ0) is 9.86. The maximum absolute atomic E-state index is 5.62. The average molecular weight is 196 g/mol. The van der Waals surface area contributed by atoms with Gasteiger partial charge >= 0.3 is 0 Å². The Morgan fingerprint density at radius 3 is 2.29 bits per heavy atom. The highest BCUT2D eigenvalue weighted by Crippen LogP contribution is 2.45. The predicted octanol–water partition coefficient (Wildman–Crippen LogP) is 1.90. The van der Waals surface area contributed by atoms with Crippen LogP contribution >= 0.6 is 0 Å². The summed E-state index contributed by atoms with van der Waals surface area (Å²) in [5.41, 5.74) is 6.35. The maximum atomic E-state index is 5.62. The van der Waals surface area contributed by atoms with E-state index in [-0.39, 0.29) is 0 Å². The maximum Gasteiger partial charge on any atom is -0.00436 e. The number of rotatable bonds is 2. The lowest BCUT2D eigenvalue weighted by molar-refractivity contribution is 0.103. The molecule has 0 amide bonds. The van der Waals surface area contributed by atoms with E-state index in [9.17, 15) is 0 Å². The molecule has 2 fully saturated rings. The van der Waals surface area contributed by atoms with E-state index in [1.165, 1.54) is 58.0 Å². The van der Waals surface area contributed by atoms with E-state index < -0.39 is 0 Å². The van der Waals surface area contributed by atoms with E-state index in [2.05, 4.69) is 5.32 Å². The van der Waals surface area contributed by atoms with Gasteiger partial charge in [0, 0.05) is 0 Å². The van der Waals surface area contributed by atoms with Crippen LogP contribution in [0.15, 0.2) is 0 Å². The van der Waals surface area contributed by atoms with E-state index in [4.69, 9.17) is 5.73 Å². The molecule has 1 aliphatic carbocycles. The van der Waals surface area contributed by atoms with Crippen molar-refractivity contribution in [1.82, 2.24) is 5.32 Å². The zero-order valence-electron chi connectivity index (χ0n) is 9.23. The molecule has 2 heteroatoms. The first-order valence-corrected chi connectivity index (χ1v) is 6.25. The standard InChI is InChI=1S/C12H24N2/c13-8-3-11-1-4-12(5-2-11)6-9-14-10-7-12/h11,14H,1-10,13H2. The third kappa shape index (κ3) is 2.29. The molecule has 0 aromatic heterocycles. The third-order valence-electron chi connectivity index (χ3n) is 4.40. The molecule has 82 valence electrons. The largest absolute Gasteiger partial charge is 0.330 e. The van der Waals surface area contributed by atoms with Gasteiger partial charge in [-0.05, 0) is 75.9 Å². The Balaban J connectivity index is 1.81. The lowest BCUT2D eigenvalue weighted by Gasteiger charge is -2.43. The number of nitrogens with one attached hydrogen (secondary N) is 1. The fraction of sp³-hybridized carbons (Fsp3) is 1.00. The Morgan fingerprint density at radius 2 is 1.71 bits per heavy atom. The Labute approximate surface area is 87.6 Å². The molecule has 2 aliphatic rings. The summed E-state index contributed by atoms with van der Waals surface area (Å²) >= 11 is 0. The molecule has 2 rings (SSSR count). The highest BCUT2D eigenvalue weighted by molar-refractivity contribution is 4.89. The molecule has 0 aromatic carbocycles. The molecule has 0 bridgehead atoms. The lowest BCUT2D eigenvalue weighted by atomic mass is 9.65. The summed E-state index contributed by atoms with van der Waals surface area (Å²) in [5, 5.41) is 3.47. The summed E-state index contributed by atoms with van der Waals surface area (Å²) in [7, 11) is 0. The smallest absolute Gasteiger partial charge is 0.00436 e. The fourth-order valence-corrected chi connectivity index (χ4v) is 3.27. The minimum Gasteiger partial charge on any atom is -0.330 e. The number of hydrogen-bond donors (Lipinski definition) is 2. The molecule has 14 heavy (non-hydrogen) atoms. The van der Waals surface area contributed by atoms with E-state index in [0.29, 0.717) is 0 Å². The highest BCUT2D eigenvalue weighted by Gasteiger charge is 2.35. The SMILES string of the molecule is NCCC1CCC2(CCNCC2)CC1. The van der Waals surface area contributed by atoms with Crippen LogP contribution in [0.3, 0.4) is 0 Å². The minimum absolute atomic E-state index is 0.732. The molecule has 0 unspecified atom stereocenters.